The molecule has 6 nitrogen and oxygen atoms in total. The molecule has 0 bridgehead atoms. The molecule has 2 aromatic rings. The number of ketones is 4. The van der Waals surface area contributed by atoms with Gasteiger partial charge in [-0.3, -0.25) is 19.2 Å². The maximum atomic E-state index is 11.8. The number of Topliss-reactive ketones (excluding diaryl/α,β-unsaturated/α-hetero) is 4. The van der Waals surface area contributed by atoms with Crippen molar-refractivity contribution in [1.82, 2.24) is 0 Å². The first-order valence-electron chi connectivity index (χ1n) is 8.00. The molecule has 144 valence electrons. The molecule has 0 atom stereocenters. The average molecular weight is 372 g/mol. The summed E-state index contributed by atoms with van der Waals surface area (Å²) in [5.41, 5.74) is 3.34. The van der Waals surface area contributed by atoms with Crippen molar-refractivity contribution in [3.8, 4) is 0 Å². The monoisotopic (exact) mass is 372 g/mol. The van der Waals surface area contributed by atoms with Crippen LogP contribution >= 0.6 is 0 Å². The molecule has 0 radical (unpaired) electrons. The highest BCUT2D eigenvalue weighted by Gasteiger charge is 2.14. The lowest BCUT2D eigenvalue weighted by Gasteiger charge is -2.10. The Morgan fingerprint density at radius 1 is 0.556 bits per heavy atom. The summed E-state index contributed by atoms with van der Waals surface area (Å²) < 4.78 is 0. The molecule has 6 heteroatoms. The van der Waals surface area contributed by atoms with Crippen molar-refractivity contribution >= 4 is 23.1 Å². The lowest BCUT2D eigenvalue weighted by Crippen LogP contribution is -2.07. The van der Waals surface area contributed by atoms with Crippen molar-refractivity contribution in [2.75, 3.05) is 0 Å². The molecule has 4 N–H and O–H groups in total. The minimum atomic E-state index is -0.164. The predicted molar refractivity (Wildman–Crippen MR) is 103 cm³/mol. The summed E-state index contributed by atoms with van der Waals surface area (Å²) in [4.78, 5) is 46.9. The topological polar surface area (TPSA) is 131 Å². The van der Waals surface area contributed by atoms with Crippen molar-refractivity contribution in [2.45, 2.75) is 34.1 Å². The zero-order chi connectivity index (χ0) is 18.7. The van der Waals surface area contributed by atoms with Crippen LogP contribution in [0.1, 0.15) is 80.3 Å². The zero-order valence-electron chi connectivity index (χ0n) is 15.8. The molecule has 0 heterocycles. The molecular weight excluding hydrogens is 348 g/mol. The molecule has 0 unspecified atom stereocenters. The van der Waals surface area contributed by atoms with Gasteiger partial charge in [-0.2, -0.15) is 0 Å². The molecule has 27 heavy (non-hydrogen) atoms. The lowest BCUT2D eigenvalue weighted by molar-refractivity contribution is 0.0980. The van der Waals surface area contributed by atoms with Crippen LogP contribution in [-0.4, -0.2) is 34.1 Å². The summed E-state index contributed by atoms with van der Waals surface area (Å²) in [6.45, 7) is 5.73. The summed E-state index contributed by atoms with van der Waals surface area (Å²) in [7, 11) is 0. The molecular formula is C21H24O6. The Bertz CT molecular complexity index is 822. The molecule has 0 aliphatic rings. The van der Waals surface area contributed by atoms with Gasteiger partial charge in [0.05, 0.1) is 0 Å². The lowest BCUT2D eigenvalue weighted by atomic mass is 9.93. The Kier molecular flexibility index (Phi) is 8.60. The normalized spacial score (nSPS) is 9.63. The number of rotatable bonds is 6. The highest BCUT2D eigenvalue weighted by molar-refractivity contribution is 6.08. The van der Waals surface area contributed by atoms with Crippen molar-refractivity contribution in [3.63, 3.8) is 0 Å². The van der Waals surface area contributed by atoms with Gasteiger partial charge in [0.1, 0.15) is 0 Å². The minimum absolute atomic E-state index is 0. The number of carbonyl (C=O) groups is 4. The van der Waals surface area contributed by atoms with Gasteiger partial charge in [-0.15, -0.1) is 0 Å². The van der Waals surface area contributed by atoms with E-state index in [0.717, 1.165) is 11.1 Å². The molecule has 0 aromatic heterocycles. The van der Waals surface area contributed by atoms with Crippen LogP contribution in [0.4, 0.5) is 0 Å². The van der Waals surface area contributed by atoms with Gasteiger partial charge >= 0.3 is 0 Å². The fourth-order valence-electron chi connectivity index (χ4n) is 2.83. The Hall–Kier alpha value is -2.96. The van der Waals surface area contributed by atoms with E-state index in [0.29, 0.717) is 28.7 Å². The van der Waals surface area contributed by atoms with E-state index >= 15 is 0 Å². The van der Waals surface area contributed by atoms with Gasteiger partial charge in [0, 0.05) is 22.3 Å². The number of hydrogen-bond donors (Lipinski definition) is 0. The van der Waals surface area contributed by atoms with E-state index in [2.05, 4.69) is 0 Å². The van der Waals surface area contributed by atoms with Crippen molar-refractivity contribution in [3.05, 3.63) is 69.8 Å². The van der Waals surface area contributed by atoms with Crippen LogP contribution in [0.3, 0.4) is 0 Å². The van der Waals surface area contributed by atoms with Crippen LogP contribution < -0.4 is 0 Å². The van der Waals surface area contributed by atoms with E-state index in [-0.39, 0.29) is 34.1 Å². The standard InChI is InChI=1S/C21H20O4.2H2O/c1-12(22)18-7-5-16(10-20(18)14(3)24)9-17-6-8-19(13(2)23)21(11-17)15(4)25;;/h5-8,10-11H,9H2,1-4H3;2*1H2. The third kappa shape index (κ3) is 5.51. The third-order valence-corrected chi connectivity index (χ3v) is 4.09. The van der Waals surface area contributed by atoms with Crippen molar-refractivity contribution in [1.29, 1.82) is 0 Å². The molecule has 0 fully saturated rings. The van der Waals surface area contributed by atoms with Gasteiger partial charge in [-0.25, -0.2) is 0 Å². The van der Waals surface area contributed by atoms with Gasteiger partial charge in [-0.05, 0) is 57.4 Å². The molecule has 2 rings (SSSR count). The maximum absolute atomic E-state index is 11.8. The van der Waals surface area contributed by atoms with Gasteiger partial charge in [-0.1, -0.05) is 24.3 Å². The fourth-order valence-corrected chi connectivity index (χ4v) is 2.83. The van der Waals surface area contributed by atoms with Crippen LogP contribution in [0.5, 0.6) is 0 Å². The highest BCUT2D eigenvalue weighted by atomic mass is 16.1. The van der Waals surface area contributed by atoms with Crippen LogP contribution in [0.2, 0.25) is 0 Å². The minimum Gasteiger partial charge on any atom is -0.412 e. The van der Waals surface area contributed by atoms with Crippen molar-refractivity contribution < 1.29 is 30.1 Å². The van der Waals surface area contributed by atoms with E-state index in [9.17, 15) is 19.2 Å². The van der Waals surface area contributed by atoms with Gasteiger partial charge in [0.2, 0.25) is 0 Å². The largest absolute Gasteiger partial charge is 0.412 e. The van der Waals surface area contributed by atoms with Crippen LogP contribution in [-0.2, 0) is 6.42 Å². The molecule has 0 spiro atoms. The smallest absolute Gasteiger partial charge is 0.160 e. The predicted octanol–water partition coefficient (Wildman–Crippen LogP) is 2.44. The average Bonchev–Trinajstić information content (AvgIpc) is 2.54. The Morgan fingerprint density at radius 3 is 1.11 bits per heavy atom. The number of hydrogen-bond acceptors (Lipinski definition) is 4. The molecule has 2 aromatic carbocycles. The second-order valence-electron chi connectivity index (χ2n) is 6.16. The van der Waals surface area contributed by atoms with Crippen LogP contribution in [0.25, 0.3) is 0 Å². The molecule has 0 aliphatic carbocycles. The van der Waals surface area contributed by atoms with E-state index in [1.54, 1.807) is 36.4 Å². The highest BCUT2D eigenvalue weighted by Crippen LogP contribution is 2.20. The summed E-state index contributed by atoms with van der Waals surface area (Å²) in [5, 5.41) is 0. The first-order chi connectivity index (χ1) is 11.7. The second kappa shape index (κ2) is 9.66. The quantitative estimate of drug-likeness (QED) is 0.720. The Morgan fingerprint density at radius 2 is 0.852 bits per heavy atom. The fraction of sp³-hybridized carbons (Fsp3) is 0.238. The van der Waals surface area contributed by atoms with Crippen molar-refractivity contribution in [2.24, 2.45) is 0 Å². The zero-order valence-corrected chi connectivity index (χ0v) is 15.8. The van der Waals surface area contributed by atoms with E-state index in [4.69, 9.17) is 0 Å². The van der Waals surface area contributed by atoms with Crippen LogP contribution in [0.15, 0.2) is 36.4 Å². The van der Waals surface area contributed by atoms with E-state index in [1.165, 1.54) is 27.7 Å². The van der Waals surface area contributed by atoms with Gasteiger partial charge < -0.3 is 11.0 Å². The van der Waals surface area contributed by atoms with Gasteiger partial charge in [0.25, 0.3) is 0 Å². The molecule has 0 aliphatic heterocycles. The summed E-state index contributed by atoms with van der Waals surface area (Å²) >= 11 is 0. The molecule has 0 saturated heterocycles. The first-order valence-corrected chi connectivity index (χ1v) is 8.00. The summed E-state index contributed by atoms with van der Waals surface area (Å²) in [6.07, 6.45) is 0.497. The first kappa shape index (κ1) is 24.0. The molecule has 0 amide bonds. The SMILES string of the molecule is CC(=O)c1ccc(Cc2ccc(C(C)=O)c(C(C)=O)c2)cc1C(C)=O.O.O. The Balaban J connectivity index is 0.00000338. The molecule has 0 saturated carbocycles. The number of benzene rings is 2. The number of carbonyl (C=O) groups excluding carboxylic acids is 4. The Labute approximate surface area is 157 Å². The van der Waals surface area contributed by atoms with Crippen LogP contribution in [0, 0.1) is 0 Å². The third-order valence-electron chi connectivity index (χ3n) is 4.09. The maximum Gasteiger partial charge on any atom is 0.160 e. The summed E-state index contributed by atoms with van der Waals surface area (Å²) in [5.74, 6) is -0.630. The van der Waals surface area contributed by atoms with E-state index < -0.39 is 0 Å². The summed E-state index contributed by atoms with van der Waals surface area (Å²) in [6, 6.07) is 10.3. The van der Waals surface area contributed by atoms with Gasteiger partial charge in [0.15, 0.2) is 23.1 Å². The van der Waals surface area contributed by atoms with E-state index in [1.807, 2.05) is 0 Å². The second-order valence-corrected chi connectivity index (χ2v) is 6.16.